The van der Waals surface area contributed by atoms with Gasteiger partial charge in [-0.25, -0.2) is 0 Å². The normalized spacial score (nSPS) is 33.7. The lowest BCUT2D eigenvalue weighted by Gasteiger charge is -2.23. The van der Waals surface area contributed by atoms with Gasteiger partial charge >= 0.3 is 0 Å². The molecule has 0 amide bonds. The predicted molar refractivity (Wildman–Crippen MR) is 49.5 cm³/mol. The van der Waals surface area contributed by atoms with Crippen LogP contribution in [0.1, 0.15) is 32.1 Å². The second-order valence-electron chi connectivity index (χ2n) is 3.14. The highest BCUT2D eigenvalue weighted by molar-refractivity contribution is 9.09. The van der Waals surface area contributed by atoms with E-state index in [1.54, 1.807) is 0 Å². The van der Waals surface area contributed by atoms with Crippen LogP contribution in [0.15, 0.2) is 12.7 Å². The van der Waals surface area contributed by atoms with Crippen molar-refractivity contribution < 1.29 is 0 Å². The van der Waals surface area contributed by atoms with Crippen molar-refractivity contribution in [3.63, 3.8) is 0 Å². The molecule has 0 saturated heterocycles. The summed E-state index contributed by atoms with van der Waals surface area (Å²) in [5, 5.41) is 0. The van der Waals surface area contributed by atoms with Gasteiger partial charge in [-0.3, -0.25) is 0 Å². The van der Waals surface area contributed by atoms with Gasteiger partial charge in [0.25, 0.3) is 0 Å². The number of allylic oxidation sites excluding steroid dienone is 1. The topological polar surface area (TPSA) is 0 Å². The summed E-state index contributed by atoms with van der Waals surface area (Å²) in [6, 6.07) is 0. The summed E-state index contributed by atoms with van der Waals surface area (Å²) in [6.07, 6.45) is 8.78. The van der Waals surface area contributed by atoms with Gasteiger partial charge in [-0.1, -0.05) is 22.0 Å². The first-order valence-electron chi connectivity index (χ1n) is 4.08. The molecule has 0 radical (unpaired) electrons. The molecule has 1 saturated carbocycles. The van der Waals surface area contributed by atoms with Crippen LogP contribution in [-0.2, 0) is 0 Å². The molecule has 58 valence electrons. The standard InChI is InChI=1S/C9H15Br/c1-2-3-8-4-6-9(10)7-5-8/h2,8-9H,1,3-7H2. The molecule has 0 spiro atoms. The van der Waals surface area contributed by atoms with Crippen molar-refractivity contribution in [2.75, 3.05) is 0 Å². The zero-order chi connectivity index (χ0) is 7.40. The Hall–Kier alpha value is 0.220. The minimum absolute atomic E-state index is 0.800. The number of hydrogen-bond acceptors (Lipinski definition) is 0. The minimum atomic E-state index is 0.800. The van der Waals surface area contributed by atoms with Gasteiger partial charge in [0.05, 0.1) is 0 Å². The van der Waals surface area contributed by atoms with Gasteiger partial charge in [-0.2, -0.15) is 0 Å². The van der Waals surface area contributed by atoms with Crippen molar-refractivity contribution in [3.8, 4) is 0 Å². The number of halogens is 1. The molecule has 1 fully saturated rings. The Bertz CT molecular complexity index is 101. The van der Waals surface area contributed by atoms with E-state index in [0.717, 1.165) is 10.7 Å². The SMILES string of the molecule is C=CCC1CCC(Br)CC1. The van der Waals surface area contributed by atoms with Crippen molar-refractivity contribution >= 4 is 15.9 Å². The molecule has 0 nitrogen and oxygen atoms in total. The predicted octanol–water partition coefficient (Wildman–Crippen LogP) is 3.52. The van der Waals surface area contributed by atoms with Crippen LogP contribution in [0, 0.1) is 5.92 Å². The number of alkyl halides is 1. The summed E-state index contributed by atoms with van der Waals surface area (Å²) >= 11 is 3.64. The Morgan fingerprint density at radius 2 is 1.90 bits per heavy atom. The molecule has 0 N–H and O–H groups in total. The molecule has 0 aromatic carbocycles. The van der Waals surface area contributed by atoms with Crippen LogP contribution in [0.4, 0.5) is 0 Å². The summed E-state index contributed by atoms with van der Waals surface area (Å²) in [7, 11) is 0. The van der Waals surface area contributed by atoms with Crippen LogP contribution < -0.4 is 0 Å². The largest absolute Gasteiger partial charge is 0.103 e. The maximum atomic E-state index is 3.76. The van der Waals surface area contributed by atoms with E-state index >= 15 is 0 Å². The van der Waals surface area contributed by atoms with Gasteiger partial charge in [0.1, 0.15) is 0 Å². The zero-order valence-corrected chi connectivity index (χ0v) is 7.94. The smallest absolute Gasteiger partial charge is 0.0146 e. The minimum Gasteiger partial charge on any atom is -0.103 e. The summed E-state index contributed by atoms with van der Waals surface area (Å²) in [5.41, 5.74) is 0. The first-order valence-corrected chi connectivity index (χ1v) is 4.99. The molecule has 0 aliphatic heterocycles. The first kappa shape index (κ1) is 8.32. The average molecular weight is 203 g/mol. The highest BCUT2D eigenvalue weighted by atomic mass is 79.9. The third-order valence-electron chi connectivity index (χ3n) is 2.28. The van der Waals surface area contributed by atoms with Crippen molar-refractivity contribution in [1.82, 2.24) is 0 Å². The monoisotopic (exact) mass is 202 g/mol. The maximum Gasteiger partial charge on any atom is 0.0146 e. The van der Waals surface area contributed by atoms with Gasteiger partial charge < -0.3 is 0 Å². The van der Waals surface area contributed by atoms with E-state index in [2.05, 4.69) is 28.6 Å². The molecule has 1 aliphatic rings. The lowest BCUT2D eigenvalue weighted by atomic mass is 9.87. The summed E-state index contributed by atoms with van der Waals surface area (Å²) in [6.45, 7) is 3.76. The van der Waals surface area contributed by atoms with Crippen LogP contribution >= 0.6 is 15.9 Å². The molecular weight excluding hydrogens is 188 g/mol. The Kier molecular flexibility index (Phi) is 3.47. The molecule has 1 aliphatic carbocycles. The molecule has 1 rings (SSSR count). The van der Waals surface area contributed by atoms with Crippen LogP contribution in [0.25, 0.3) is 0 Å². The van der Waals surface area contributed by atoms with Crippen molar-refractivity contribution in [2.24, 2.45) is 5.92 Å². The second kappa shape index (κ2) is 4.17. The fourth-order valence-electron chi connectivity index (χ4n) is 1.59. The van der Waals surface area contributed by atoms with Crippen molar-refractivity contribution in [1.29, 1.82) is 0 Å². The fourth-order valence-corrected chi connectivity index (χ4v) is 2.12. The third-order valence-corrected chi connectivity index (χ3v) is 3.19. The maximum absolute atomic E-state index is 3.76. The molecule has 0 aromatic rings. The summed E-state index contributed by atoms with van der Waals surface area (Å²) in [5.74, 6) is 0.936. The highest BCUT2D eigenvalue weighted by Crippen LogP contribution is 2.30. The van der Waals surface area contributed by atoms with E-state index in [0.29, 0.717) is 0 Å². The summed E-state index contributed by atoms with van der Waals surface area (Å²) in [4.78, 5) is 0.800. The van der Waals surface area contributed by atoms with E-state index in [1.165, 1.54) is 32.1 Å². The van der Waals surface area contributed by atoms with Crippen LogP contribution in [0.3, 0.4) is 0 Å². The van der Waals surface area contributed by atoms with Crippen molar-refractivity contribution in [3.05, 3.63) is 12.7 Å². The molecular formula is C9H15Br. The lowest BCUT2D eigenvalue weighted by molar-refractivity contribution is 0.371. The molecule has 0 atom stereocenters. The van der Waals surface area contributed by atoms with Gasteiger partial charge in [0, 0.05) is 4.83 Å². The zero-order valence-electron chi connectivity index (χ0n) is 6.35. The molecule has 1 heteroatoms. The quantitative estimate of drug-likeness (QED) is 0.475. The van der Waals surface area contributed by atoms with Crippen LogP contribution in [-0.4, -0.2) is 4.83 Å². The number of hydrogen-bond donors (Lipinski definition) is 0. The van der Waals surface area contributed by atoms with Gasteiger partial charge in [-0.15, -0.1) is 6.58 Å². The first-order chi connectivity index (χ1) is 4.83. The van der Waals surface area contributed by atoms with E-state index in [4.69, 9.17) is 0 Å². The van der Waals surface area contributed by atoms with E-state index in [-0.39, 0.29) is 0 Å². The fraction of sp³-hybridized carbons (Fsp3) is 0.778. The van der Waals surface area contributed by atoms with Crippen LogP contribution in [0.5, 0.6) is 0 Å². The Balaban J connectivity index is 2.19. The van der Waals surface area contributed by atoms with Gasteiger partial charge in [0.2, 0.25) is 0 Å². The molecule has 0 aromatic heterocycles. The van der Waals surface area contributed by atoms with Gasteiger partial charge in [0.15, 0.2) is 0 Å². The van der Waals surface area contributed by atoms with Crippen molar-refractivity contribution in [2.45, 2.75) is 36.9 Å². The van der Waals surface area contributed by atoms with E-state index < -0.39 is 0 Å². The van der Waals surface area contributed by atoms with E-state index in [9.17, 15) is 0 Å². The molecule has 0 bridgehead atoms. The second-order valence-corrected chi connectivity index (χ2v) is 4.44. The van der Waals surface area contributed by atoms with E-state index in [1.807, 2.05) is 0 Å². The number of rotatable bonds is 2. The highest BCUT2D eigenvalue weighted by Gasteiger charge is 2.17. The Labute approximate surface area is 71.8 Å². The van der Waals surface area contributed by atoms with Gasteiger partial charge in [-0.05, 0) is 38.0 Å². The Morgan fingerprint density at radius 1 is 1.30 bits per heavy atom. The average Bonchev–Trinajstić information content (AvgIpc) is 1.95. The molecule has 0 unspecified atom stereocenters. The third kappa shape index (κ3) is 2.45. The van der Waals surface area contributed by atoms with Crippen LogP contribution in [0.2, 0.25) is 0 Å². The molecule has 0 heterocycles. The Morgan fingerprint density at radius 3 is 2.40 bits per heavy atom. The lowest BCUT2D eigenvalue weighted by Crippen LogP contribution is -2.12. The molecule has 10 heavy (non-hydrogen) atoms. The summed E-state index contributed by atoms with van der Waals surface area (Å²) < 4.78 is 0.